The van der Waals surface area contributed by atoms with Crippen LogP contribution in [0.1, 0.15) is 22.8 Å². The van der Waals surface area contributed by atoms with Crippen molar-refractivity contribution >= 4 is 17.3 Å². The number of anilines is 1. The minimum absolute atomic E-state index is 0.181. The molecular formula is C14H12ClF2NO. The van der Waals surface area contributed by atoms with Crippen molar-refractivity contribution in [1.82, 2.24) is 0 Å². The Hall–Kier alpha value is -1.65. The van der Waals surface area contributed by atoms with Crippen molar-refractivity contribution in [2.75, 3.05) is 5.73 Å². The highest BCUT2D eigenvalue weighted by Crippen LogP contribution is 2.32. The summed E-state index contributed by atoms with van der Waals surface area (Å²) in [7, 11) is 0. The van der Waals surface area contributed by atoms with Crippen LogP contribution in [0.5, 0.6) is 0 Å². The fourth-order valence-corrected chi connectivity index (χ4v) is 2.06. The Morgan fingerprint density at radius 1 is 1.21 bits per heavy atom. The minimum Gasteiger partial charge on any atom is -0.398 e. The van der Waals surface area contributed by atoms with Gasteiger partial charge in [-0.3, -0.25) is 0 Å². The number of aliphatic hydroxyl groups excluding tert-OH is 1. The first-order valence-electron chi connectivity index (χ1n) is 5.59. The topological polar surface area (TPSA) is 46.2 Å². The molecule has 0 saturated heterocycles. The molecule has 0 radical (unpaired) electrons. The molecule has 0 spiro atoms. The van der Waals surface area contributed by atoms with E-state index in [-0.39, 0.29) is 16.8 Å². The molecule has 0 aromatic heterocycles. The number of nitrogen functional groups attached to an aromatic ring is 1. The van der Waals surface area contributed by atoms with Gasteiger partial charge < -0.3 is 10.8 Å². The maximum Gasteiger partial charge on any atom is 0.135 e. The summed E-state index contributed by atoms with van der Waals surface area (Å²) in [5.41, 5.74) is 5.95. The zero-order valence-corrected chi connectivity index (χ0v) is 10.9. The molecule has 0 bridgehead atoms. The van der Waals surface area contributed by atoms with Gasteiger partial charge in [0.2, 0.25) is 0 Å². The van der Waals surface area contributed by atoms with Crippen molar-refractivity contribution in [1.29, 1.82) is 0 Å². The summed E-state index contributed by atoms with van der Waals surface area (Å²) in [4.78, 5) is 0. The largest absolute Gasteiger partial charge is 0.398 e. The van der Waals surface area contributed by atoms with Crippen LogP contribution in [0.3, 0.4) is 0 Å². The second-order valence-electron chi connectivity index (χ2n) is 4.27. The van der Waals surface area contributed by atoms with Crippen LogP contribution in [0, 0.1) is 18.6 Å². The van der Waals surface area contributed by atoms with Gasteiger partial charge in [-0.05, 0) is 30.7 Å². The lowest BCUT2D eigenvalue weighted by atomic mass is 9.97. The molecule has 19 heavy (non-hydrogen) atoms. The molecule has 1 atom stereocenters. The van der Waals surface area contributed by atoms with E-state index in [1.807, 2.05) is 0 Å². The van der Waals surface area contributed by atoms with Crippen LogP contribution in [0.4, 0.5) is 14.5 Å². The van der Waals surface area contributed by atoms with E-state index in [0.29, 0.717) is 5.02 Å². The van der Waals surface area contributed by atoms with Gasteiger partial charge >= 0.3 is 0 Å². The predicted molar refractivity (Wildman–Crippen MR) is 71.0 cm³/mol. The summed E-state index contributed by atoms with van der Waals surface area (Å²) in [5.74, 6) is -1.59. The van der Waals surface area contributed by atoms with Crippen molar-refractivity contribution in [3.8, 4) is 0 Å². The third kappa shape index (κ3) is 2.55. The number of aliphatic hydroxyl groups is 1. The molecule has 3 N–H and O–H groups in total. The number of rotatable bonds is 2. The quantitative estimate of drug-likeness (QED) is 0.828. The van der Waals surface area contributed by atoms with E-state index in [1.165, 1.54) is 31.2 Å². The summed E-state index contributed by atoms with van der Waals surface area (Å²) >= 11 is 5.75. The molecule has 0 aliphatic heterocycles. The van der Waals surface area contributed by atoms with E-state index in [9.17, 15) is 13.9 Å². The molecule has 2 rings (SSSR count). The van der Waals surface area contributed by atoms with Gasteiger partial charge in [-0.2, -0.15) is 0 Å². The van der Waals surface area contributed by atoms with Crippen molar-refractivity contribution < 1.29 is 13.9 Å². The van der Waals surface area contributed by atoms with Crippen LogP contribution < -0.4 is 5.73 Å². The molecular weight excluding hydrogens is 272 g/mol. The number of hydrogen-bond donors (Lipinski definition) is 2. The standard InChI is InChI=1S/C14H12ClF2NO/c1-7-2-5-10(16)12(13(7)17)14(19)9-4-3-8(15)6-11(9)18/h2-6,14,19H,18H2,1H3. The summed E-state index contributed by atoms with van der Waals surface area (Å²) in [6, 6.07) is 6.80. The van der Waals surface area contributed by atoms with E-state index in [4.69, 9.17) is 17.3 Å². The third-order valence-corrected chi connectivity index (χ3v) is 3.17. The van der Waals surface area contributed by atoms with Gasteiger partial charge in [-0.1, -0.05) is 23.7 Å². The molecule has 100 valence electrons. The average Bonchev–Trinajstić information content (AvgIpc) is 2.34. The number of halogens is 3. The summed E-state index contributed by atoms with van der Waals surface area (Å²) in [6.45, 7) is 1.50. The second kappa shape index (κ2) is 5.15. The maximum atomic E-state index is 13.9. The van der Waals surface area contributed by atoms with Gasteiger partial charge in [-0.15, -0.1) is 0 Å². The fraction of sp³-hybridized carbons (Fsp3) is 0.143. The number of aryl methyl sites for hydroxylation is 1. The normalized spacial score (nSPS) is 12.5. The zero-order valence-electron chi connectivity index (χ0n) is 10.1. The molecule has 2 aromatic carbocycles. The highest BCUT2D eigenvalue weighted by molar-refractivity contribution is 6.30. The van der Waals surface area contributed by atoms with E-state index in [1.54, 1.807) is 0 Å². The second-order valence-corrected chi connectivity index (χ2v) is 4.70. The van der Waals surface area contributed by atoms with Crippen LogP contribution in [-0.2, 0) is 0 Å². The minimum atomic E-state index is -1.47. The smallest absolute Gasteiger partial charge is 0.135 e. The first-order chi connectivity index (χ1) is 8.91. The number of nitrogens with two attached hydrogens (primary N) is 1. The van der Waals surface area contributed by atoms with E-state index in [2.05, 4.69) is 0 Å². The van der Waals surface area contributed by atoms with Crippen LogP contribution in [0.15, 0.2) is 30.3 Å². The van der Waals surface area contributed by atoms with E-state index in [0.717, 1.165) is 6.07 Å². The first-order valence-corrected chi connectivity index (χ1v) is 5.97. The molecule has 0 aliphatic carbocycles. The van der Waals surface area contributed by atoms with Gasteiger partial charge in [0.25, 0.3) is 0 Å². The molecule has 1 unspecified atom stereocenters. The van der Waals surface area contributed by atoms with Crippen molar-refractivity contribution in [3.05, 3.63) is 63.7 Å². The lowest BCUT2D eigenvalue weighted by Crippen LogP contribution is -2.09. The Kier molecular flexibility index (Phi) is 3.73. The van der Waals surface area contributed by atoms with Crippen molar-refractivity contribution in [2.45, 2.75) is 13.0 Å². The Balaban J connectivity index is 2.56. The predicted octanol–water partition coefficient (Wildman–Crippen LogP) is 3.59. The molecule has 0 aliphatic rings. The summed E-state index contributed by atoms with van der Waals surface area (Å²) in [5, 5.41) is 10.5. The summed E-state index contributed by atoms with van der Waals surface area (Å²) < 4.78 is 27.7. The Morgan fingerprint density at radius 3 is 2.53 bits per heavy atom. The zero-order chi connectivity index (χ0) is 14.2. The molecule has 0 amide bonds. The average molecular weight is 284 g/mol. The highest BCUT2D eigenvalue weighted by Gasteiger charge is 2.22. The monoisotopic (exact) mass is 283 g/mol. The van der Waals surface area contributed by atoms with Crippen LogP contribution in [0.25, 0.3) is 0 Å². The fourth-order valence-electron chi connectivity index (χ4n) is 1.88. The van der Waals surface area contributed by atoms with Gasteiger partial charge in [0.15, 0.2) is 0 Å². The number of hydrogen-bond acceptors (Lipinski definition) is 2. The lowest BCUT2D eigenvalue weighted by Gasteiger charge is -2.16. The van der Waals surface area contributed by atoms with Crippen molar-refractivity contribution in [3.63, 3.8) is 0 Å². The van der Waals surface area contributed by atoms with Crippen LogP contribution in [-0.4, -0.2) is 5.11 Å². The van der Waals surface area contributed by atoms with E-state index < -0.39 is 23.3 Å². The Bertz CT molecular complexity index is 631. The Morgan fingerprint density at radius 2 is 1.89 bits per heavy atom. The lowest BCUT2D eigenvalue weighted by molar-refractivity contribution is 0.209. The van der Waals surface area contributed by atoms with Gasteiger partial charge in [0, 0.05) is 16.3 Å². The number of benzene rings is 2. The Labute approximate surface area is 114 Å². The molecule has 2 nitrogen and oxygen atoms in total. The third-order valence-electron chi connectivity index (χ3n) is 2.94. The maximum absolute atomic E-state index is 13.9. The van der Waals surface area contributed by atoms with E-state index >= 15 is 0 Å². The molecule has 0 saturated carbocycles. The van der Waals surface area contributed by atoms with Gasteiger partial charge in [0.1, 0.15) is 17.7 Å². The van der Waals surface area contributed by atoms with Crippen molar-refractivity contribution in [2.24, 2.45) is 0 Å². The molecule has 5 heteroatoms. The van der Waals surface area contributed by atoms with Gasteiger partial charge in [0.05, 0.1) is 5.56 Å². The highest BCUT2D eigenvalue weighted by atomic mass is 35.5. The van der Waals surface area contributed by atoms with Crippen LogP contribution >= 0.6 is 11.6 Å². The molecule has 2 aromatic rings. The van der Waals surface area contributed by atoms with Gasteiger partial charge in [-0.25, -0.2) is 8.78 Å². The summed E-state index contributed by atoms with van der Waals surface area (Å²) in [6.07, 6.45) is -1.47. The SMILES string of the molecule is Cc1ccc(F)c(C(O)c2ccc(Cl)cc2N)c1F. The molecule has 0 fully saturated rings. The molecule has 0 heterocycles. The first kappa shape index (κ1) is 13.8. The van der Waals surface area contributed by atoms with Crippen LogP contribution in [0.2, 0.25) is 5.02 Å².